The van der Waals surface area contributed by atoms with E-state index in [1.54, 1.807) is 36.6 Å². The number of nitrogens with one attached hydrogen (secondary N) is 2. The van der Waals surface area contributed by atoms with Crippen LogP contribution in [0.1, 0.15) is 131 Å². The quantitative estimate of drug-likeness (QED) is 0.113. The van der Waals surface area contributed by atoms with Crippen molar-refractivity contribution in [3.05, 3.63) is 106 Å². The fourth-order valence-corrected chi connectivity index (χ4v) is 12.0. The molecule has 8 rings (SSSR count). The Hall–Kier alpha value is -6.13. The predicted octanol–water partition coefficient (Wildman–Crippen LogP) is 6.98. The number of benzene rings is 3. The molecule has 0 unspecified atom stereocenters. The topological polar surface area (TPSA) is 182 Å². The Morgan fingerprint density at radius 1 is 0.847 bits per heavy atom. The molecule has 3 fully saturated rings. The molecular weight excluding hydrogens is 931 g/mol. The number of ether oxygens (including phenoxy) is 1. The Morgan fingerprint density at radius 3 is 2.04 bits per heavy atom. The number of β-amino-alcohol motifs (C(OH)–C–C–N with tert-alkyl or cyclic N) is 1. The number of aryl methyl sites for hydroxylation is 1. The van der Waals surface area contributed by atoms with E-state index < -0.39 is 47.7 Å². The van der Waals surface area contributed by atoms with E-state index in [2.05, 4.69) is 27.8 Å². The van der Waals surface area contributed by atoms with E-state index >= 15 is 0 Å². The van der Waals surface area contributed by atoms with Gasteiger partial charge in [0.25, 0.3) is 5.91 Å². The zero-order valence-electron chi connectivity index (χ0n) is 43.0. The van der Waals surface area contributed by atoms with E-state index in [1.165, 1.54) is 64.2 Å². The van der Waals surface area contributed by atoms with Crippen LogP contribution in [-0.4, -0.2) is 122 Å². The van der Waals surface area contributed by atoms with Crippen LogP contribution in [0.25, 0.3) is 10.4 Å². The molecule has 4 aromatic rings. The van der Waals surface area contributed by atoms with Gasteiger partial charge in [-0.3, -0.25) is 28.8 Å². The van der Waals surface area contributed by atoms with Gasteiger partial charge in [0.15, 0.2) is 0 Å². The molecule has 0 bridgehead atoms. The van der Waals surface area contributed by atoms with Crippen LogP contribution in [0, 0.1) is 18.3 Å². The number of hydrogen-bond acceptors (Lipinski definition) is 10. The molecule has 1 aliphatic carbocycles. The van der Waals surface area contributed by atoms with Crippen LogP contribution in [0.4, 0.5) is 0 Å². The summed E-state index contributed by atoms with van der Waals surface area (Å²) in [7, 11) is 1.59. The van der Waals surface area contributed by atoms with Gasteiger partial charge in [-0.1, -0.05) is 108 Å². The SMILES string of the molecule is CC(=O)N(C)[C@H](C(=O)N1C[C@H](Oc2ccc3c(c2)C(=O)N([C@H](C(=O)N2C[C@H](O)C[C@H]2C(=O)NCc2ccc(C4CCCCC4)cc2)C(C)C)C3)C[C@H]1C(=O)NCc1ccc(-c2scnc2C)cc1)C(C)(C)C. The largest absolute Gasteiger partial charge is 0.488 e. The van der Waals surface area contributed by atoms with Crippen LogP contribution in [0.3, 0.4) is 0 Å². The third-order valence-electron chi connectivity index (χ3n) is 15.0. The highest BCUT2D eigenvalue weighted by molar-refractivity contribution is 7.13. The second-order valence-corrected chi connectivity index (χ2v) is 22.5. The molecule has 4 aliphatic rings. The van der Waals surface area contributed by atoms with Crippen molar-refractivity contribution in [1.29, 1.82) is 0 Å². The fraction of sp³-hybridized carbons (Fsp3) is 0.518. The highest BCUT2D eigenvalue weighted by Crippen LogP contribution is 2.36. The molecule has 3 N–H and O–H groups in total. The number of aliphatic hydroxyl groups excluding tert-OH is 1. The molecule has 15 nitrogen and oxygen atoms in total. The molecule has 384 valence electrons. The number of aromatic nitrogens is 1. The Morgan fingerprint density at radius 2 is 1.46 bits per heavy atom. The molecular formula is C56H71N7O8S. The lowest BCUT2D eigenvalue weighted by Crippen LogP contribution is -2.57. The van der Waals surface area contributed by atoms with Gasteiger partial charge in [-0.2, -0.15) is 0 Å². The van der Waals surface area contributed by atoms with Crippen molar-refractivity contribution in [2.75, 3.05) is 20.1 Å². The van der Waals surface area contributed by atoms with Crippen molar-refractivity contribution >= 4 is 46.8 Å². The number of aliphatic hydroxyl groups is 1. The minimum atomic E-state index is -0.916. The van der Waals surface area contributed by atoms with Gasteiger partial charge in [-0.05, 0) is 77.0 Å². The summed E-state index contributed by atoms with van der Waals surface area (Å²) in [5, 5.41) is 16.9. The minimum Gasteiger partial charge on any atom is -0.488 e. The Labute approximate surface area is 427 Å². The maximum absolute atomic E-state index is 14.6. The first-order valence-electron chi connectivity index (χ1n) is 25.6. The molecule has 3 aliphatic heterocycles. The van der Waals surface area contributed by atoms with Crippen LogP contribution in [0.15, 0.2) is 72.2 Å². The van der Waals surface area contributed by atoms with Gasteiger partial charge in [0.2, 0.25) is 29.5 Å². The zero-order valence-corrected chi connectivity index (χ0v) is 43.8. The third kappa shape index (κ3) is 11.4. The van der Waals surface area contributed by atoms with Crippen molar-refractivity contribution in [1.82, 2.24) is 35.2 Å². The normalized spacial score (nSPS) is 21.1. The first kappa shape index (κ1) is 52.2. The molecule has 1 aromatic heterocycles. The Kier molecular flexibility index (Phi) is 15.9. The van der Waals surface area contributed by atoms with Gasteiger partial charge in [0.1, 0.15) is 36.0 Å². The van der Waals surface area contributed by atoms with Gasteiger partial charge in [-0.25, -0.2) is 4.98 Å². The Bertz CT molecular complexity index is 2640. The fourth-order valence-electron chi connectivity index (χ4n) is 11.2. The third-order valence-corrected chi connectivity index (χ3v) is 16.0. The lowest BCUT2D eigenvalue weighted by Gasteiger charge is -2.39. The van der Waals surface area contributed by atoms with Crippen LogP contribution in [0.2, 0.25) is 0 Å². The molecule has 4 heterocycles. The molecule has 3 aromatic carbocycles. The van der Waals surface area contributed by atoms with Crippen molar-refractivity contribution in [3.63, 3.8) is 0 Å². The monoisotopic (exact) mass is 1000 g/mol. The minimum absolute atomic E-state index is 0.0223. The first-order valence-corrected chi connectivity index (χ1v) is 26.4. The van der Waals surface area contributed by atoms with Crippen molar-refractivity contribution in [3.8, 4) is 16.2 Å². The molecule has 2 saturated heterocycles. The summed E-state index contributed by atoms with van der Waals surface area (Å²) in [4.78, 5) is 95.5. The second-order valence-electron chi connectivity index (χ2n) is 21.7. The molecule has 72 heavy (non-hydrogen) atoms. The van der Waals surface area contributed by atoms with E-state index in [1.807, 2.05) is 83.5 Å². The lowest BCUT2D eigenvalue weighted by molar-refractivity contribution is -0.150. The highest BCUT2D eigenvalue weighted by Gasteiger charge is 2.48. The number of amides is 6. The molecule has 1 saturated carbocycles. The second kappa shape index (κ2) is 21.9. The van der Waals surface area contributed by atoms with Gasteiger partial charge < -0.3 is 40.1 Å². The number of nitrogens with zero attached hydrogens (tertiary/aromatic N) is 5. The average Bonchev–Trinajstić information content (AvgIpc) is 4.16. The van der Waals surface area contributed by atoms with Crippen molar-refractivity contribution in [2.45, 2.75) is 155 Å². The number of hydrogen-bond donors (Lipinski definition) is 3. The van der Waals surface area contributed by atoms with E-state index in [9.17, 15) is 33.9 Å². The lowest BCUT2D eigenvalue weighted by atomic mass is 9.84. The summed E-state index contributed by atoms with van der Waals surface area (Å²) in [5.41, 5.74) is 7.36. The number of fused-ring (bicyclic) bond motifs is 1. The smallest absolute Gasteiger partial charge is 0.255 e. The van der Waals surface area contributed by atoms with Crippen molar-refractivity contribution in [2.24, 2.45) is 11.3 Å². The molecule has 0 spiro atoms. The number of likely N-dealkylation sites (tertiary alicyclic amines) is 2. The summed E-state index contributed by atoms with van der Waals surface area (Å²) in [6.07, 6.45) is 4.92. The average molecular weight is 1000 g/mol. The summed E-state index contributed by atoms with van der Waals surface area (Å²) >= 11 is 1.57. The molecule has 6 atom stereocenters. The van der Waals surface area contributed by atoms with Crippen LogP contribution >= 0.6 is 11.3 Å². The van der Waals surface area contributed by atoms with Crippen molar-refractivity contribution < 1.29 is 38.6 Å². The van der Waals surface area contributed by atoms with Crippen LogP contribution in [-0.2, 0) is 43.6 Å². The van der Waals surface area contributed by atoms with Gasteiger partial charge in [0, 0.05) is 58.6 Å². The number of carbonyl (C=O) groups excluding carboxylic acids is 6. The van der Waals surface area contributed by atoms with E-state index in [4.69, 9.17) is 4.74 Å². The number of rotatable bonds is 15. The number of thiazole rings is 1. The maximum Gasteiger partial charge on any atom is 0.255 e. The van der Waals surface area contributed by atoms with Gasteiger partial charge >= 0.3 is 0 Å². The molecule has 6 amide bonds. The van der Waals surface area contributed by atoms with Crippen LogP contribution in [0.5, 0.6) is 5.75 Å². The first-order chi connectivity index (χ1) is 34.3. The van der Waals surface area contributed by atoms with E-state index in [0.717, 1.165) is 27.3 Å². The Balaban J connectivity index is 0.942. The van der Waals surface area contributed by atoms with E-state index in [-0.39, 0.29) is 81.0 Å². The summed E-state index contributed by atoms with van der Waals surface area (Å²) in [5.74, 6) is -1.51. The van der Waals surface area contributed by atoms with Gasteiger partial charge in [0.05, 0.1) is 28.7 Å². The van der Waals surface area contributed by atoms with Gasteiger partial charge in [-0.15, -0.1) is 11.3 Å². The predicted molar refractivity (Wildman–Crippen MR) is 276 cm³/mol. The van der Waals surface area contributed by atoms with E-state index in [0.29, 0.717) is 22.8 Å². The maximum atomic E-state index is 14.6. The standard InChI is InChI=1S/C56H71N7O8S/c1-33(2)48(54(69)61-30-42(65)24-46(61)51(66)57-27-36-14-18-39(19-15-36)38-12-10-9-11-13-38)63-29-41-22-23-43(25-45(41)53(63)68)71-44-26-47(62(31-44)55(70)50(56(5,6)7)60(8)35(4)64)52(67)58-28-37-16-20-40(21-17-37)49-34(3)59-32-72-49/h14-23,25,32-33,38,42,44,46-48,50,65H,9-13,24,26-31H2,1-8H3,(H,57,66)(H,58,67)/t42-,44-,46+,47+,48+,50-/m1/s1. The summed E-state index contributed by atoms with van der Waals surface area (Å²) in [6.45, 7) is 13.5. The van der Waals surface area contributed by atoms with Crippen LogP contribution < -0.4 is 15.4 Å². The summed E-state index contributed by atoms with van der Waals surface area (Å²) < 4.78 is 6.54. The zero-order chi connectivity index (χ0) is 51.6. The number of carbonyl (C=O) groups is 6. The number of likely N-dealkylation sites (N-methyl/N-ethyl adjacent to an activating group) is 1. The summed E-state index contributed by atoms with van der Waals surface area (Å²) in [6, 6.07) is 17.9. The highest BCUT2D eigenvalue weighted by atomic mass is 32.1. The molecule has 16 heteroatoms. The molecule has 0 radical (unpaired) electrons.